The SMILES string of the molecule is C=CC(F)(F)c1sc2c(c1CNC(=O)Nc1sc3c(c1C(=O)OC(C)(C)C)CCCC3)CCN(C(C)C)C2. The highest BCUT2D eigenvalue weighted by atomic mass is 32.1. The lowest BCUT2D eigenvalue weighted by Crippen LogP contribution is -2.36. The number of fused-ring (bicyclic) bond motifs is 2. The van der Waals surface area contributed by atoms with E-state index >= 15 is 0 Å². The molecule has 0 aromatic carbocycles. The van der Waals surface area contributed by atoms with Gasteiger partial charge in [-0.25, -0.2) is 9.59 Å². The monoisotopic (exact) mass is 565 g/mol. The summed E-state index contributed by atoms with van der Waals surface area (Å²) >= 11 is 2.50. The average Bonchev–Trinajstić information content (AvgIpc) is 3.39. The van der Waals surface area contributed by atoms with Gasteiger partial charge in [-0.05, 0) is 89.5 Å². The summed E-state index contributed by atoms with van der Waals surface area (Å²) in [7, 11) is 0. The molecule has 6 nitrogen and oxygen atoms in total. The molecule has 0 atom stereocenters. The average molecular weight is 566 g/mol. The minimum Gasteiger partial charge on any atom is -0.456 e. The molecule has 10 heteroatoms. The second kappa shape index (κ2) is 11.1. The number of esters is 1. The Hall–Kier alpha value is -2.30. The molecule has 3 heterocycles. The molecule has 2 N–H and O–H groups in total. The van der Waals surface area contributed by atoms with Gasteiger partial charge in [-0.3, -0.25) is 10.2 Å². The quantitative estimate of drug-likeness (QED) is 0.280. The summed E-state index contributed by atoms with van der Waals surface area (Å²) in [6, 6.07) is -0.224. The lowest BCUT2D eigenvalue weighted by atomic mass is 9.95. The molecule has 0 radical (unpaired) electrons. The normalized spacial score (nSPS) is 16.1. The Bertz CT molecular complexity index is 1230. The van der Waals surface area contributed by atoms with E-state index in [1.165, 1.54) is 11.3 Å². The molecule has 208 valence electrons. The van der Waals surface area contributed by atoms with Gasteiger partial charge in [0.15, 0.2) is 0 Å². The Labute approximate surface area is 231 Å². The minimum atomic E-state index is -3.19. The largest absolute Gasteiger partial charge is 0.456 e. The van der Waals surface area contributed by atoms with Gasteiger partial charge < -0.3 is 10.1 Å². The van der Waals surface area contributed by atoms with Crippen LogP contribution in [0.4, 0.5) is 18.6 Å². The van der Waals surface area contributed by atoms with Crippen molar-refractivity contribution in [1.29, 1.82) is 0 Å². The Balaban J connectivity index is 1.56. The van der Waals surface area contributed by atoms with E-state index in [1.54, 1.807) is 0 Å². The van der Waals surface area contributed by atoms with Gasteiger partial charge >= 0.3 is 17.9 Å². The number of hydrogen-bond acceptors (Lipinski definition) is 6. The first-order valence-corrected chi connectivity index (χ1v) is 14.8. The first kappa shape index (κ1) is 28.7. The summed E-state index contributed by atoms with van der Waals surface area (Å²) in [5.41, 5.74) is 2.04. The van der Waals surface area contributed by atoms with Gasteiger partial charge in [0.25, 0.3) is 0 Å². The number of halogens is 2. The zero-order valence-electron chi connectivity index (χ0n) is 22.8. The van der Waals surface area contributed by atoms with Crippen LogP contribution in [0.2, 0.25) is 0 Å². The van der Waals surface area contributed by atoms with Crippen molar-refractivity contribution >= 4 is 39.7 Å². The summed E-state index contributed by atoms with van der Waals surface area (Å²) in [6.07, 6.45) is 4.94. The molecule has 0 unspecified atom stereocenters. The van der Waals surface area contributed by atoms with Crippen molar-refractivity contribution in [3.05, 3.63) is 49.5 Å². The smallest absolute Gasteiger partial charge is 0.341 e. The fraction of sp³-hybridized carbons (Fsp3) is 0.571. The van der Waals surface area contributed by atoms with Crippen molar-refractivity contribution in [2.24, 2.45) is 0 Å². The molecule has 2 amide bonds. The Kier molecular flexibility index (Phi) is 8.35. The van der Waals surface area contributed by atoms with Gasteiger partial charge in [-0.2, -0.15) is 8.78 Å². The summed E-state index contributed by atoms with van der Waals surface area (Å²) in [4.78, 5) is 30.3. The van der Waals surface area contributed by atoms with Gasteiger partial charge in [0.2, 0.25) is 0 Å². The second-order valence-corrected chi connectivity index (χ2v) is 13.4. The van der Waals surface area contributed by atoms with Crippen molar-refractivity contribution in [2.45, 2.75) is 97.4 Å². The number of nitrogens with zero attached hydrogens (tertiary/aromatic N) is 1. The highest BCUT2D eigenvalue weighted by Crippen LogP contribution is 2.43. The molecule has 2 aliphatic rings. The van der Waals surface area contributed by atoms with Crippen molar-refractivity contribution in [1.82, 2.24) is 10.2 Å². The third kappa shape index (κ3) is 6.13. The van der Waals surface area contributed by atoms with Gasteiger partial charge in [-0.1, -0.05) is 6.58 Å². The number of alkyl halides is 2. The first-order valence-electron chi connectivity index (χ1n) is 13.1. The predicted molar refractivity (Wildman–Crippen MR) is 150 cm³/mol. The summed E-state index contributed by atoms with van der Waals surface area (Å²) in [5.74, 6) is -3.64. The van der Waals surface area contributed by atoms with Crippen molar-refractivity contribution < 1.29 is 23.1 Å². The maximum atomic E-state index is 14.9. The van der Waals surface area contributed by atoms with Crippen LogP contribution in [0.3, 0.4) is 0 Å². The van der Waals surface area contributed by atoms with Crippen LogP contribution in [0.25, 0.3) is 0 Å². The Morgan fingerprint density at radius 2 is 1.82 bits per heavy atom. The second-order valence-electron chi connectivity index (χ2n) is 11.2. The van der Waals surface area contributed by atoms with E-state index in [1.807, 2.05) is 20.8 Å². The molecule has 0 fully saturated rings. The number of hydrogen-bond donors (Lipinski definition) is 2. The summed E-state index contributed by atoms with van der Waals surface area (Å²) < 4.78 is 35.4. The number of ether oxygens (including phenoxy) is 1. The minimum absolute atomic E-state index is 0.0367. The lowest BCUT2D eigenvalue weighted by Gasteiger charge is -2.30. The number of aryl methyl sites for hydroxylation is 1. The van der Waals surface area contributed by atoms with E-state index < -0.39 is 23.5 Å². The molecular formula is C28H37F2N3O3S2. The topological polar surface area (TPSA) is 70.7 Å². The van der Waals surface area contributed by atoms with Crippen LogP contribution >= 0.6 is 22.7 Å². The number of anilines is 1. The molecule has 0 spiro atoms. The fourth-order valence-corrected chi connectivity index (χ4v) is 7.63. The maximum Gasteiger partial charge on any atom is 0.341 e. The summed E-state index contributed by atoms with van der Waals surface area (Å²) in [5, 5.41) is 6.05. The predicted octanol–water partition coefficient (Wildman–Crippen LogP) is 7.01. The van der Waals surface area contributed by atoms with Crippen LogP contribution in [0.15, 0.2) is 12.7 Å². The van der Waals surface area contributed by atoms with Crippen LogP contribution < -0.4 is 10.6 Å². The van der Waals surface area contributed by atoms with E-state index in [0.29, 0.717) is 41.2 Å². The van der Waals surface area contributed by atoms with Gasteiger partial charge in [-0.15, -0.1) is 22.7 Å². The van der Waals surface area contributed by atoms with Crippen LogP contribution in [-0.4, -0.2) is 35.1 Å². The molecule has 0 saturated carbocycles. The van der Waals surface area contributed by atoms with Crippen molar-refractivity contribution in [3.63, 3.8) is 0 Å². The van der Waals surface area contributed by atoms with E-state index in [-0.39, 0.29) is 11.4 Å². The van der Waals surface area contributed by atoms with Crippen LogP contribution in [0.1, 0.15) is 89.1 Å². The molecule has 1 aliphatic heterocycles. The number of carbonyl (C=O) groups excluding carboxylic acids is 2. The van der Waals surface area contributed by atoms with E-state index in [2.05, 4.69) is 36.0 Å². The zero-order chi connectivity index (χ0) is 27.8. The number of rotatable bonds is 7. The molecule has 2 aromatic heterocycles. The lowest BCUT2D eigenvalue weighted by molar-refractivity contribution is 0.00697. The number of allylic oxidation sites excluding steroid dienone is 1. The van der Waals surface area contributed by atoms with Gasteiger partial charge in [0, 0.05) is 35.4 Å². The van der Waals surface area contributed by atoms with Gasteiger partial charge in [0.1, 0.15) is 10.6 Å². The number of carbonyl (C=O) groups is 2. The summed E-state index contributed by atoms with van der Waals surface area (Å²) in [6.45, 7) is 14.3. The number of amides is 2. The maximum absolute atomic E-state index is 14.9. The Morgan fingerprint density at radius 3 is 2.47 bits per heavy atom. The van der Waals surface area contributed by atoms with Crippen molar-refractivity contribution in [2.75, 3.05) is 11.9 Å². The highest BCUT2D eigenvalue weighted by Gasteiger charge is 2.37. The van der Waals surface area contributed by atoms with Crippen molar-refractivity contribution in [3.8, 4) is 0 Å². The molecule has 0 bridgehead atoms. The number of thiophene rings is 2. The zero-order valence-corrected chi connectivity index (χ0v) is 24.4. The molecule has 38 heavy (non-hydrogen) atoms. The fourth-order valence-electron chi connectivity index (χ4n) is 4.99. The number of nitrogens with one attached hydrogen (secondary N) is 2. The molecule has 4 rings (SSSR count). The molecule has 2 aromatic rings. The third-order valence-corrected chi connectivity index (χ3v) is 9.46. The molecule has 0 saturated heterocycles. The Morgan fingerprint density at radius 1 is 1.11 bits per heavy atom. The van der Waals surface area contributed by atoms with Crippen LogP contribution in [-0.2, 0) is 43.0 Å². The first-order chi connectivity index (χ1) is 17.8. The van der Waals surface area contributed by atoms with Crippen LogP contribution in [0.5, 0.6) is 0 Å². The van der Waals surface area contributed by atoms with E-state index in [4.69, 9.17) is 4.74 Å². The van der Waals surface area contributed by atoms with E-state index in [0.717, 1.165) is 64.4 Å². The molecular weight excluding hydrogens is 528 g/mol. The standard InChI is InChI=1S/C28H37F2N3O3S2/c1-7-28(29,30)23-19(17-12-13-33(16(2)3)15-21(17)37-23)14-31-26(35)32-24-22(25(34)36-27(4,5)6)18-10-8-9-11-20(18)38-24/h7,16H,1,8-15H2,2-6H3,(H2,31,32,35). The number of urea groups is 1. The third-order valence-electron chi connectivity index (χ3n) is 6.91. The van der Waals surface area contributed by atoms with E-state index in [9.17, 15) is 18.4 Å². The van der Waals surface area contributed by atoms with Crippen LogP contribution in [0, 0.1) is 0 Å². The highest BCUT2D eigenvalue weighted by molar-refractivity contribution is 7.17. The van der Waals surface area contributed by atoms with Gasteiger partial charge in [0.05, 0.1) is 10.4 Å². The molecule has 1 aliphatic carbocycles.